The van der Waals surface area contributed by atoms with Crippen LogP contribution in [-0.2, 0) is 33.8 Å². The molecule has 0 bridgehead atoms. The summed E-state index contributed by atoms with van der Waals surface area (Å²) in [6.07, 6.45) is 0.681. The molecule has 6 nitrogen and oxygen atoms in total. The van der Waals surface area contributed by atoms with E-state index in [-0.39, 0.29) is 31.2 Å². The largest absolute Gasteiger partial charge is 0.481 e. The van der Waals surface area contributed by atoms with Crippen molar-refractivity contribution < 1.29 is 23.9 Å². The van der Waals surface area contributed by atoms with Crippen molar-refractivity contribution in [2.75, 3.05) is 16.3 Å². The maximum atomic E-state index is 14.5. The summed E-state index contributed by atoms with van der Waals surface area (Å²) in [5.74, 6) is -1.85. The lowest BCUT2D eigenvalue weighted by Gasteiger charge is -2.25. The minimum atomic E-state index is -0.994. The number of aliphatic carboxylic acids is 1. The number of hydrogen-bond acceptors (Lipinski definition) is 3. The van der Waals surface area contributed by atoms with Gasteiger partial charge in [-0.2, -0.15) is 0 Å². The molecule has 1 heterocycles. The number of rotatable bonds is 6. The first-order valence-electron chi connectivity index (χ1n) is 9.45. The van der Waals surface area contributed by atoms with Gasteiger partial charge in [0.2, 0.25) is 11.8 Å². The van der Waals surface area contributed by atoms with E-state index in [4.69, 9.17) is 5.11 Å². The Morgan fingerprint density at radius 3 is 2.52 bits per heavy atom. The number of para-hydroxylation sites is 1. The summed E-state index contributed by atoms with van der Waals surface area (Å²) in [5.41, 5.74) is 3.38. The molecule has 1 aliphatic rings. The molecule has 0 radical (unpaired) electrons. The van der Waals surface area contributed by atoms with E-state index in [1.165, 1.54) is 30.9 Å². The Balaban J connectivity index is 1.90. The Kier molecular flexibility index (Phi) is 5.96. The Morgan fingerprint density at radius 1 is 1.14 bits per heavy atom. The summed E-state index contributed by atoms with van der Waals surface area (Å²) in [5, 5.41) is 8.78. The molecule has 0 unspecified atom stereocenters. The highest BCUT2D eigenvalue weighted by atomic mass is 19.1. The minimum absolute atomic E-state index is 0.0561. The zero-order valence-electron chi connectivity index (χ0n) is 16.4. The molecular weight excluding hydrogens is 375 g/mol. The van der Waals surface area contributed by atoms with Crippen molar-refractivity contribution in [3.8, 4) is 0 Å². The molecule has 0 spiro atoms. The number of halogens is 1. The fourth-order valence-electron chi connectivity index (χ4n) is 3.68. The van der Waals surface area contributed by atoms with Crippen LogP contribution in [0.25, 0.3) is 0 Å². The number of carbonyl (C=O) groups is 3. The van der Waals surface area contributed by atoms with E-state index in [0.717, 1.165) is 23.2 Å². The number of carboxylic acid groups (broad SMARTS) is 1. The minimum Gasteiger partial charge on any atom is -0.481 e. The average Bonchev–Trinajstić information content (AvgIpc) is 3.10. The number of carbonyl (C=O) groups excluding carboxylic acids is 2. The monoisotopic (exact) mass is 398 g/mol. The smallest absolute Gasteiger partial charge is 0.303 e. The quantitative estimate of drug-likeness (QED) is 0.810. The fraction of sp³-hybridized carbons (Fsp3) is 0.318. The molecule has 2 aromatic carbocycles. The fourth-order valence-corrected chi connectivity index (χ4v) is 3.68. The Labute approximate surface area is 168 Å². The van der Waals surface area contributed by atoms with Crippen LogP contribution < -0.4 is 9.80 Å². The number of carboxylic acids is 1. The van der Waals surface area contributed by atoms with Gasteiger partial charge in [0.1, 0.15) is 5.82 Å². The highest BCUT2D eigenvalue weighted by molar-refractivity contribution is 5.96. The van der Waals surface area contributed by atoms with Gasteiger partial charge in [0.05, 0.1) is 12.2 Å². The zero-order chi connectivity index (χ0) is 21.1. The SMILES string of the molecule is CC(=O)N(Cc1cccc2c1N(C(C)=O)CC2)c1ccc(CCC(=O)O)c(F)c1. The van der Waals surface area contributed by atoms with Gasteiger partial charge in [0, 0.05) is 32.5 Å². The first-order valence-corrected chi connectivity index (χ1v) is 9.45. The van der Waals surface area contributed by atoms with Gasteiger partial charge < -0.3 is 14.9 Å². The standard InChI is InChI=1S/C22H23FN2O4/c1-14(26)24-11-10-17-4-3-5-18(22(17)24)13-25(15(2)27)19-8-6-16(20(23)12-19)7-9-21(28)29/h3-6,8,12H,7,9-11,13H2,1-2H3,(H,28,29). The first-order chi connectivity index (χ1) is 13.8. The third kappa shape index (κ3) is 4.45. The average molecular weight is 398 g/mol. The zero-order valence-corrected chi connectivity index (χ0v) is 16.4. The van der Waals surface area contributed by atoms with Crippen molar-refractivity contribution in [1.82, 2.24) is 0 Å². The van der Waals surface area contributed by atoms with Crippen molar-refractivity contribution in [2.24, 2.45) is 0 Å². The van der Waals surface area contributed by atoms with Crippen LogP contribution in [0.15, 0.2) is 36.4 Å². The lowest BCUT2D eigenvalue weighted by atomic mass is 10.1. The van der Waals surface area contributed by atoms with Crippen LogP contribution >= 0.6 is 0 Å². The van der Waals surface area contributed by atoms with Crippen LogP contribution in [0.2, 0.25) is 0 Å². The van der Waals surface area contributed by atoms with Crippen LogP contribution in [0.1, 0.15) is 37.0 Å². The van der Waals surface area contributed by atoms with Crippen LogP contribution in [0.4, 0.5) is 15.8 Å². The van der Waals surface area contributed by atoms with Crippen molar-refractivity contribution in [3.05, 3.63) is 58.9 Å². The van der Waals surface area contributed by atoms with Gasteiger partial charge in [0.15, 0.2) is 0 Å². The second-order valence-electron chi connectivity index (χ2n) is 7.12. The predicted octanol–water partition coefficient (Wildman–Crippen LogP) is 3.31. The van der Waals surface area contributed by atoms with Gasteiger partial charge in [-0.15, -0.1) is 0 Å². The molecule has 152 valence electrons. The molecule has 0 fully saturated rings. The highest BCUT2D eigenvalue weighted by Gasteiger charge is 2.26. The molecule has 7 heteroatoms. The van der Waals surface area contributed by atoms with Gasteiger partial charge in [-0.25, -0.2) is 4.39 Å². The molecule has 29 heavy (non-hydrogen) atoms. The third-order valence-corrected chi connectivity index (χ3v) is 5.12. The van der Waals surface area contributed by atoms with E-state index >= 15 is 0 Å². The van der Waals surface area contributed by atoms with E-state index in [1.54, 1.807) is 11.0 Å². The molecule has 2 aromatic rings. The second kappa shape index (κ2) is 8.43. The Morgan fingerprint density at radius 2 is 1.90 bits per heavy atom. The van der Waals surface area contributed by atoms with E-state index in [2.05, 4.69) is 0 Å². The van der Waals surface area contributed by atoms with Crippen molar-refractivity contribution in [3.63, 3.8) is 0 Å². The first kappa shape index (κ1) is 20.5. The van der Waals surface area contributed by atoms with Crippen LogP contribution in [0.5, 0.6) is 0 Å². The van der Waals surface area contributed by atoms with Gasteiger partial charge in [-0.05, 0) is 41.7 Å². The molecule has 2 amide bonds. The molecule has 0 saturated carbocycles. The lowest BCUT2D eigenvalue weighted by molar-refractivity contribution is -0.137. The number of nitrogens with zero attached hydrogens (tertiary/aromatic N) is 2. The van der Waals surface area contributed by atoms with E-state index in [1.807, 2.05) is 18.2 Å². The lowest BCUT2D eigenvalue weighted by Crippen LogP contribution is -2.31. The van der Waals surface area contributed by atoms with Crippen molar-refractivity contribution in [2.45, 2.75) is 39.7 Å². The summed E-state index contributed by atoms with van der Waals surface area (Å²) in [4.78, 5) is 38.2. The summed E-state index contributed by atoms with van der Waals surface area (Å²) in [6.45, 7) is 3.73. The van der Waals surface area contributed by atoms with Crippen LogP contribution in [0.3, 0.4) is 0 Å². The summed E-state index contributed by atoms with van der Waals surface area (Å²) >= 11 is 0. The van der Waals surface area contributed by atoms with Crippen LogP contribution in [0, 0.1) is 5.82 Å². The number of benzene rings is 2. The molecular formula is C22H23FN2O4. The van der Waals surface area contributed by atoms with Crippen molar-refractivity contribution >= 4 is 29.2 Å². The molecule has 1 N–H and O–H groups in total. The molecule has 0 aromatic heterocycles. The normalized spacial score (nSPS) is 12.6. The topological polar surface area (TPSA) is 77.9 Å². The number of anilines is 2. The summed E-state index contributed by atoms with van der Waals surface area (Å²) < 4.78 is 14.5. The Bertz CT molecular complexity index is 973. The third-order valence-electron chi connectivity index (χ3n) is 5.12. The maximum Gasteiger partial charge on any atom is 0.303 e. The summed E-state index contributed by atoms with van der Waals surface area (Å²) in [6, 6.07) is 10.1. The number of aryl methyl sites for hydroxylation is 1. The second-order valence-corrected chi connectivity index (χ2v) is 7.12. The van der Waals surface area contributed by atoms with E-state index in [0.29, 0.717) is 17.8 Å². The molecule has 0 saturated heterocycles. The van der Waals surface area contributed by atoms with E-state index < -0.39 is 11.8 Å². The van der Waals surface area contributed by atoms with Gasteiger partial charge >= 0.3 is 5.97 Å². The number of fused-ring (bicyclic) bond motifs is 1. The highest BCUT2D eigenvalue weighted by Crippen LogP contribution is 2.34. The van der Waals surface area contributed by atoms with Gasteiger partial charge in [0.25, 0.3) is 0 Å². The Hall–Kier alpha value is -3.22. The number of hydrogen-bond donors (Lipinski definition) is 1. The number of amides is 2. The van der Waals surface area contributed by atoms with E-state index in [9.17, 15) is 18.8 Å². The molecule has 1 aliphatic heterocycles. The van der Waals surface area contributed by atoms with Crippen molar-refractivity contribution in [1.29, 1.82) is 0 Å². The van der Waals surface area contributed by atoms with Crippen LogP contribution in [-0.4, -0.2) is 29.4 Å². The summed E-state index contributed by atoms with van der Waals surface area (Å²) in [7, 11) is 0. The maximum absolute atomic E-state index is 14.5. The molecule has 0 atom stereocenters. The van der Waals surface area contributed by atoms with Gasteiger partial charge in [-0.1, -0.05) is 24.3 Å². The molecule has 0 aliphatic carbocycles. The van der Waals surface area contributed by atoms with Gasteiger partial charge in [-0.3, -0.25) is 14.4 Å². The predicted molar refractivity (Wildman–Crippen MR) is 107 cm³/mol. The molecule has 3 rings (SSSR count).